The average Bonchev–Trinajstić information content (AvgIpc) is 3.01. The molecule has 6 heteroatoms. The Morgan fingerprint density at radius 3 is 1.93 bits per heavy atom. The fraction of sp³-hybridized carbons (Fsp3) is 0.333. The summed E-state index contributed by atoms with van der Waals surface area (Å²) < 4.78 is 5.46. The van der Waals surface area contributed by atoms with Gasteiger partial charge in [-0.1, -0.05) is 47.6 Å². The fourth-order valence-corrected chi connectivity index (χ4v) is 3.00. The second-order valence-corrected chi connectivity index (χ2v) is 9.48. The maximum atomic E-state index is 12.4. The first-order valence-corrected chi connectivity index (χ1v) is 9.78. The summed E-state index contributed by atoms with van der Waals surface area (Å²) in [5.41, 5.74) is 3.67. The third-order valence-electron chi connectivity index (χ3n) is 4.94. The zero-order chi connectivity index (χ0) is 22.3. The van der Waals surface area contributed by atoms with Crippen LogP contribution in [0, 0.1) is 10.1 Å². The molecular formula is C24H26N2O4. The number of rotatable bonds is 3. The van der Waals surface area contributed by atoms with Crippen molar-refractivity contribution >= 4 is 23.6 Å². The van der Waals surface area contributed by atoms with E-state index in [4.69, 9.17) is 4.74 Å². The van der Waals surface area contributed by atoms with Gasteiger partial charge in [-0.2, -0.15) is 0 Å². The molecule has 0 bridgehead atoms. The molecule has 0 spiro atoms. The van der Waals surface area contributed by atoms with Crippen LogP contribution in [0.4, 0.5) is 5.69 Å². The van der Waals surface area contributed by atoms with Crippen LogP contribution in [0.2, 0.25) is 0 Å². The normalized spacial score (nSPS) is 15.9. The SMILES string of the molecule is CC(C)(C)c1cc(C2=NC(=Cc3ccc([N+](=O)[O-])cc3)C(=O)O2)cc(C(C)(C)C)c1. The lowest BCUT2D eigenvalue weighted by Crippen LogP contribution is -2.18. The number of hydrogen-bond donors (Lipinski definition) is 0. The molecule has 2 aromatic rings. The number of hydrogen-bond acceptors (Lipinski definition) is 5. The van der Waals surface area contributed by atoms with E-state index < -0.39 is 10.9 Å². The Morgan fingerprint density at radius 1 is 0.933 bits per heavy atom. The Labute approximate surface area is 176 Å². The summed E-state index contributed by atoms with van der Waals surface area (Å²) in [5.74, 6) is -0.272. The third kappa shape index (κ3) is 4.64. The highest BCUT2D eigenvalue weighted by Gasteiger charge is 2.27. The summed E-state index contributed by atoms with van der Waals surface area (Å²) in [4.78, 5) is 27.1. The van der Waals surface area contributed by atoms with E-state index in [2.05, 4.69) is 52.6 Å². The van der Waals surface area contributed by atoms with Gasteiger partial charge in [0.2, 0.25) is 5.90 Å². The number of cyclic esters (lactones) is 1. The van der Waals surface area contributed by atoms with Gasteiger partial charge in [-0.15, -0.1) is 0 Å². The van der Waals surface area contributed by atoms with E-state index in [1.807, 2.05) is 12.1 Å². The number of non-ortho nitro benzene ring substituents is 1. The second-order valence-electron chi connectivity index (χ2n) is 9.48. The average molecular weight is 406 g/mol. The molecule has 30 heavy (non-hydrogen) atoms. The molecule has 1 aliphatic heterocycles. The number of carbonyl (C=O) groups excluding carboxylic acids is 1. The van der Waals surface area contributed by atoms with Gasteiger partial charge in [0.15, 0.2) is 5.70 Å². The lowest BCUT2D eigenvalue weighted by Gasteiger charge is -2.26. The van der Waals surface area contributed by atoms with Crippen molar-refractivity contribution in [2.24, 2.45) is 4.99 Å². The van der Waals surface area contributed by atoms with Crippen molar-refractivity contribution in [2.45, 2.75) is 52.4 Å². The van der Waals surface area contributed by atoms with Gasteiger partial charge >= 0.3 is 5.97 Å². The Balaban J connectivity index is 2.02. The van der Waals surface area contributed by atoms with Crippen molar-refractivity contribution in [3.8, 4) is 0 Å². The van der Waals surface area contributed by atoms with Gasteiger partial charge in [-0.3, -0.25) is 10.1 Å². The molecule has 0 unspecified atom stereocenters. The molecule has 6 nitrogen and oxygen atoms in total. The second kappa shape index (κ2) is 7.52. The van der Waals surface area contributed by atoms with Crippen molar-refractivity contribution in [3.05, 3.63) is 80.5 Å². The molecule has 0 aliphatic carbocycles. The number of nitro groups is 1. The van der Waals surface area contributed by atoms with E-state index >= 15 is 0 Å². The van der Waals surface area contributed by atoms with Gasteiger partial charge in [-0.25, -0.2) is 9.79 Å². The van der Waals surface area contributed by atoms with Crippen LogP contribution < -0.4 is 0 Å². The summed E-state index contributed by atoms with van der Waals surface area (Å²) in [6.07, 6.45) is 1.57. The van der Waals surface area contributed by atoms with E-state index in [1.165, 1.54) is 12.1 Å². The molecular weight excluding hydrogens is 380 g/mol. The van der Waals surface area contributed by atoms with Crippen LogP contribution in [0.1, 0.15) is 63.8 Å². The minimum absolute atomic E-state index is 0.0101. The first-order valence-electron chi connectivity index (χ1n) is 9.78. The van der Waals surface area contributed by atoms with Gasteiger partial charge in [0, 0.05) is 17.7 Å². The van der Waals surface area contributed by atoms with Crippen molar-refractivity contribution in [1.82, 2.24) is 0 Å². The minimum atomic E-state index is -0.540. The first-order chi connectivity index (χ1) is 13.8. The number of ether oxygens (including phenoxy) is 1. The predicted molar refractivity (Wildman–Crippen MR) is 118 cm³/mol. The topological polar surface area (TPSA) is 81.8 Å². The Morgan fingerprint density at radius 2 is 1.47 bits per heavy atom. The molecule has 0 saturated carbocycles. The van der Waals surface area contributed by atoms with Crippen molar-refractivity contribution < 1.29 is 14.5 Å². The molecule has 0 fully saturated rings. The largest absolute Gasteiger partial charge is 0.402 e. The molecule has 0 aromatic heterocycles. The lowest BCUT2D eigenvalue weighted by atomic mass is 9.79. The summed E-state index contributed by atoms with van der Waals surface area (Å²) >= 11 is 0. The maximum Gasteiger partial charge on any atom is 0.363 e. The number of aliphatic imine (C=N–C) groups is 1. The highest BCUT2D eigenvalue weighted by molar-refractivity contribution is 6.13. The predicted octanol–water partition coefficient (Wildman–Crippen LogP) is 5.53. The lowest BCUT2D eigenvalue weighted by molar-refractivity contribution is -0.384. The van der Waals surface area contributed by atoms with Gasteiger partial charge in [0.1, 0.15) is 0 Å². The molecule has 0 amide bonds. The maximum absolute atomic E-state index is 12.4. The molecule has 0 saturated heterocycles. The minimum Gasteiger partial charge on any atom is -0.402 e. The Hall–Kier alpha value is -3.28. The number of nitro benzene ring substituents is 1. The van der Waals surface area contributed by atoms with Gasteiger partial charge in [0.05, 0.1) is 4.92 Å². The summed E-state index contributed by atoms with van der Waals surface area (Å²) in [6.45, 7) is 12.8. The monoisotopic (exact) mass is 406 g/mol. The zero-order valence-electron chi connectivity index (χ0n) is 18.1. The van der Waals surface area contributed by atoms with Gasteiger partial charge in [-0.05, 0) is 57.9 Å². The van der Waals surface area contributed by atoms with Gasteiger partial charge in [0.25, 0.3) is 5.69 Å². The number of carbonyl (C=O) groups is 1. The smallest absolute Gasteiger partial charge is 0.363 e. The van der Waals surface area contributed by atoms with Crippen molar-refractivity contribution in [3.63, 3.8) is 0 Å². The Kier molecular flexibility index (Phi) is 5.37. The number of benzene rings is 2. The summed E-state index contributed by atoms with van der Waals surface area (Å²) in [5, 5.41) is 10.8. The van der Waals surface area contributed by atoms with Gasteiger partial charge < -0.3 is 4.74 Å². The number of nitrogens with zero attached hydrogens (tertiary/aromatic N) is 2. The summed E-state index contributed by atoms with van der Waals surface area (Å²) in [7, 11) is 0. The molecule has 3 rings (SSSR count). The fourth-order valence-electron chi connectivity index (χ4n) is 3.00. The van der Waals surface area contributed by atoms with E-state index in [0.717, 1.165) is 16.7 Å². The molecule has 1 aliphatic rings. The van der Waals surface area contributed by atoms with Crippen LogP contribution in [0.3, 0.4) is 0 Å². The quantitative estimate of drug-likeness (QED) is 0.290. The van der Waals surface area contributed by atoms with Crippen LogP contribution in [0.5, 0.6) is 0 Å². The van der Waals surface area contributed by atoms with Crippen molar-refractivity contribution in [1.29, 1.82) is 0 Å². The van der Waals surface area contributed by atoms with E-state index in [1.54, 1.807) is 18.2 Å². The zero-order valence-corrected chi connectivity index (χ0v) is 18.1. The molecule has 2 aromatic carbocycles. The molecule has 156 valence electrons. The molecule has 0 N–H and O–H groups in total. The number of esters is 1. The molecule has 1 heterocycles. The van der Waals surface area contributed by atoms with Crippen molar-refractivity contribution in [2.75, 3.05) is 0 Å². The van der Waals surface area contributed by atoms with Crippen LogP contribution in [-0.2, 0) is 20.4 Å². The van der Waals surface area contributed by atoms with E-state index in [9.17, 15) is 14.9 Å². The molecule has 0 radical (unpaired) electrons. The first kappa shape index (κ1) is 21.4. The van der Waals surface area contributed by atoms with Crippen LogP contribution in [-0.4, -0.2) is 16.8 Å². The standard InChI is InChI=1S/C24H26N2O4/c1-23(2,3)17-12-16(13-18(14-17)24(4,5)6)21-25-20(22(27)30-21)11-15-7-9-19(10-8-15)26(28)29/h7-14H,1-6H3. The van der Waals surface area contributed by atoms with E-state index in [-0.39, 0.29) is 28.1 Å². The van der Waals surface area contributed by atoms with E-state index in [0.29, 0.717) is 5.56 Å². The molecule has 0 atom stereocenters. The van der Waals surface area contributed by atoms with Crippen LogP contribution in [0.15, 0.2) is 53.2 Å². The summed E-state index contributed by atoms with van der Waals surface area (Å²) in [6, 6.07) is 12.1. The van der Waals surface area contributed by atoms with Crippen LogP contribution in [0.25, 0.3) is 6.08 Å². The Bertz CT molecular complexity index is 1030. The van der Waals surface area contributed by atoms with Crippen LogP contribution >= 0.6 is 0 Å². The third-order valence-corrected chi connectivity index (χ3v) is 4.94. The highest BCUT2D eigenvalue weighted by atomic mass is 16.6. The highest BCUT2D eigenvalue weighted by Crippen LogP contribution is 2.31.